The van der Waals surface area contributed by atoms with Gasteiger partial charge < -0.3 is 24.1 Å². The highest BCUT2D eigenvalue weighted by molar-refractivity contribution is 5.97. The molecule has 2 aromatic carbocycles. The van der Waals surface area contributed by atoms with Crippen LogP contribution >= 0.6 is 0 Å². The Bertz CT molecular complexity index is 1420. The van der Waals surface area contributed by atoms with E-state index in [9.17, 15) is 19.5 Å². The highest BCUT2D eigenvalue weighted by Gasteiger charge is 2.23. The second-order valence-electron chi connectivity index (χ2n) is 9.14. The summed E-state index contributed by atoms with van der Waals surface area (Å²) < 4.78 is 11.2. The maximum atomic E-state index is 12.7. The molecule has 4 rings (SSSR count). The first-order valence-electron chi connectivity index (χ1n) is 10.6. The summed E-state index contributed by atoms with van der Waals surface area (Å²) >= 11 is 0. The number of nitrogens with one attached hydrogen (secondary N) is 1. The van der Waals surface area contributed by atoms with Crippen molar-refractivity contribution in [1.82, 2.24) is 5.32 Å². The summed E-state index contributed by atoms with van der Waals surface area (Å²) in [5.74, 6) is -2.06. The number of carboxylic acid groups (broad SMARTS) is 1. The molecule has 0 radical (unpaired) electrons. The molecule has 0 aliphatic heterocycles. The molecule has 1 amide bonds. The molecule has 0 aliphatic rings. The van der Waals surface area contributed by atoms with Gasteiger partial charge in [0.25, 0.3) is 0 Å². The summed E-state index contributed by atoms with van der Waals surface area (Å²) in [6.45, 7) is 7.99. The lowest BCUT2D eigenvalue weighted by molar-refractivity contribution is -0.308. The number of furan rings is 1. The molecule has 0 saturated heterocycles. The Hall–Kier alpha value is -3.87. The first-order chi connectivity index (χ1) is 15.6. The van der Waals surface area contributed by atoms with Crippen LogP contribution in [-0.4, -0.2) is 11.9 Å². The zero-order chi connectivity index (χ0) is 23.9. The smallest absolute Gasteiger partial charge is 0.340 e. The van der Waals surface area contributed by atoms with E-state index in [4.69, 9.17) is 8.83 Å². The van der Waals surface area contributed by atoms with E-state index >= 15 is 0 Å². The van der Waals surface area contributed by atoms with Crippen molar-refractivity contribution in [3.05, 3.63) is 81.4 Å². The molecule has 0 spiro atoms. The van der Waals surface area contributed by atoms with Crippen molar-refractivity contribution in [1.29, 1.82) is 0 Å². The monoisotopic (exact) mass is 446 g/mol. The predicted octanol–water partition coefficient (Wildman–Crippen LogP) is 3.30. The lowest BCUT2D eigenvalue weighted by Gasteiger charge is -2.20. The third kappa shape index (κ3) is 4.26. The van der Waals surface area contributed by atoms with Gasteiger partial charge in [0.05, 0.1) is 30.3 Å². The van der Waals surface area contributed by atoms with E-state index in [-0.39, 0.29) is 17.4 Å². The number of fused-ring (bicyclic) bond motifs is 2. The molecule has 0 bridgehead atoms. The van der Waals surface area contributed by atoms with Crippen LogP contribution in [0.5, 0.6) is 0 Å². The molecule has 7 nitrogen and oxygen atoms in total. The number of benzene rings is 2. The minimum atomic E-state index is -1.44. The second kappa shape index (κ2) is 8.24. The fraction of sp³-hybridized carbons (Fsp3) is 0.269. The fourth-order valence-corrected chi connectivity index (χ4v) is 3.99. The maximum absolute atomic E-state index is 12.7. The molecular weight excluding hydrogens is 422 g/mol. The van der Waals surface area contributed by atoms with E-state index in [1.807, 2.05) is 6.07 Å². The van der Waals surface area contributed by atoms with E-state index in [2.05, 4.69) is 26.1 Å². The lowest BCUT2D eigenvalue weighted by Crippen LogP contribution is -2.42. The van der Waals surface area contributed by atoms with Crippen LogP contribution < -0.4 is 16.0 Å². The summed E-state index contributed by atoms with van der Waals surface area (Å²) in [6.07, 6.45) is 1.38. The number of carbonyl (C=O) groups is 2. The van der Waals surface area contributed by atoms with Crippen molar-refractivity contribution in [3.63, 3.8) is 0 Å². The van der Waals surface area contributed by atoms with Crippen molar-refractivity contribution in [2.75, 3.05) is 0 Å². The van der Waals surface area contributed by atoms with Crippen molar-refractivity contribution in [3.8, 4) is 0 Å². The van der Waals surface area contributed by atoms with E-state index in [1.54, 1.807) is 49.6 Å². The lowest BCUT2D eigenvalue weighted by atomic mass is 9.86. The SMILES string of the molecule is Cc1c(CC(=O)N[C@H](C(=O)[O-])c2ccccc2)c(=O)oc2cc3occ(C(C)(C)C)c3cc12. The number of carboxylic acids is 1. The quantitative estimate of drug-likeness (QED) is 0.471. The molecule has 1 atom stereocenters. The van der Waals surface area contributed by atoms with Gasteiger partial charge in [0.2, 0.25) is 5.91 Å². The van der Waals surface area contributed by atoms with Crippen molar-refractivity contribution in [2.45, 2.75) is 45.6 Å². The number of aryl methyl sites for hydroxylation is 1. The summed E-state index contributed by atoms with van der Waals surface area (Å²) in [7, 11) is 0. The van der Waals surface area contributed by atoms with Gasteiger partial charge in [-0.2, -0.15) is 0 Å². The van der Waals surface area contributed by atoms with Gasteiger partial charge in [0.1, 0.15) is 11.2 Å². The van der Waals surface area contributed by atoms with Gasteiger partial charge in [0, 0.05) is 22.4 Å². The number of amides is 1. The van der Waals surface area contributed by atoms with Crippen LogP contribution in [0.25, 0.3) is 21.9 Å². The van der Waals surface area contributed by atoms with Crippen LogP contribution in [-0.2, 0) is 21.4 Å². The number of rotatable bonds is 5. The van der Waals surface area contributed by atoms with Crippen LogP contribution in [0.1, 0.15) is 49.1 Å². The number of hydrogen-bond acceptors (Lipinski definition) is 6. The second-order valence-corrected chi connectivity index (χ2v) is 9.14. The molecule has 0 aliphatic carbocycles. The zero-order valence-corrected chi connectivity index (χ0v) is 18.9. The molecule has 7 heteroatoms. The molecule has 2 heterocycles. The first-order valence-corrected chi connectivity index (χ1v) is 10.6. The summed E-state index contributed by atoms with van der Waals surface area (Å²) in [5, 5.41) is 15.6. The van der Waals surface area contributed by atoms with Crippen molar-refractivity contribution in [2.24, 2.45) is 0 Å². The number of hydrogen-bond donors (Lipinski definition) is 1. The molecule has 0 saturated carbocycles. The van der Waals surface area contributed by atoms with E-state index in [0.717, 1.165) is 10.9 Å². The van der Waals surface area contributed by atoms with E-state index in [1.165, 1.54) is 0 Å². The maximum Gasteiger partial charge on any atom is 0.340 e. The van der Waals surface area contributed by atoms with Gasteiger partial charge in [-0.3, -0.25) is 4.79 Å². The third-order valence-electron chi connectivity index (χ3n) is 5.80. The van der Waals surface area contributed by atoms with Gasteiger partial charge in [-0.15, -0.1) is 0 Å². The largest absolute Gasteiger partial charge is 0.548 e. The van der Waals surface area contributed by atoms with Gasteiger partial charge in [-0.05, 0) is 29.5 Å². The zero-order valence-electron chi connectivity index (χ0n) is 18.9. The Morgan fingerprint density at radius 1 is 1.06 bits per heavy atom. The van der Waals surface area contributed by atoms with Crippen LogP contribution in [0.15, 0.2) is 62.4 Å². The van der Waals surface area contributed by atoms with E-state index in [0.29, 0.717) is 27.7 Å². The van der Waals surface area contributed by atoms with Gasteiger partial charge in [-0.1, -0.05) is 51.1 Å². The molecule has 4 aromatic rings. The predicted molar refractivity (Wildman–Crippen MR) is 122 cm³/mol. The fourth-order valence-electron chi connectivity index (χ4n) is 3.99. The van der Waals surface area contributed by atoms with Crippen molar-refractivity contribution < 1.29 is 23.5 Å². The Balaban J connectivity index is 1.71. The third-order valence-corrected chi connectivity index (χ3v) is 5.80. The average molecular weight is 446 g/mol. The number of aliphatic carboxylic acids is 1. The van der Waals surface area contributed by atoms with Crippen LogP contribution in [0.2, 0.25) is 0 Å². The summed E-state index contributed by atoms with van der Waals surface area (Å²) in [5.41, 5.74) is 2.34. The van der Waals surface area contributed by atoms with Crippen LogP contribution in [0.4, 0.5) is 0 Å². The summed E-state index contributed by atoms with van der Waals surface area (Å²) in [6, 6.07) is 10.5. The Labute approximate surface area is 190 Å². The summed E-state index contributed by atoms with van der Waals surface area (Å²) in [4.78, 5) is 37.0. The first kappa shape index (κ1) is 22.3. The highest BCUT2D eigenvalue weighted by Crippen LogP contribution is 2.35. The average Bonchev–Trinajstić information content (AvgIpc) is 3.17. The minimum Gasteiger partial charge on any atom is -0.548 e. The van der Waals surface area contributed by atoms with Crippen LogP contribution in [0, 0.1) is 6.92 Å². The van der Waals surface area contributed by atoms with Crippen molar-refractivity contribution >= 4 is 33.8 Å². The normalized spacial score (nSPS) is 12.7. The standard InChI is InChI=1S/C26H25NO6/c1-14-16-10-18-19(26(2,3)4)13-32-20(18)12-21(16)33-25(31)17(14)11-22(28)27-23(24(29)30)15-8-6-5-7-9-15/h5-10,12-13,23H,11H2,1-4H3,(H,27,28)(H,29,30)/p-1/t23-/m0/s1. The molecule has 170 valence electrons. The Morgan fingerprint density at radius 2 is 1.76 bits per heavy atom. The molecule has 33 heavy (non-hydrogen) atoms. The van der Waals surface area contributed by atoms with Gasteiger partial charge >= 0.3 is 5.63 Å². The van der Waals surface area contributed by atoms with Gasteiger partial charge in [-0.25, -0.2) is 4.79 Å². The van der Waals surface area contributed by atoms with Gasteiger partial charge in [0.15, 0.2) is 0 Å². The Kier molecular flexibility index (Phi) is 5.57. The molecule has 0 unspecified atom stereocenters. The highest BCUT2D eigenvalue weighted by atomic mass is 16.4. The molecular formula is C26H24NO6-. The molecule has 0 fully saturated rings. The molecule has 1 N–H and O–H groups in total. The Morgan fingerprint density at radius 3 is 2.39 bits per heavy atom. The van der Waals surface area contributed by atoms with E-state index < -0.39 is 23.5 Å². The molecule has 2 aromatic heterocycles. The number of carbonyl (C=O) groups excluding carboxylic acids is 2. The minimum absolute atomic E-state index is 0.150. The van der Waals surface area contributed by atoms with Crippen LogP contribution in [0.3, 0.4) is 0 Å². The topological polar surface area (TPSA) is 113 Å².